The molecular weight excluding hydrogens is 301 g/mol. The maximum atomic E-state index is 12.9. The first-order chi connectivity index (χ1) is 10.3. The number of nitrogens with one attached hydrogen (secondary N) is 1. The molecule has 0 bridgehead atoms. The lowest BCUT2D eigenvalue weighted by Crippen LogP contribution is -2.21. The highest BCUT2D eigenvalue weighted by Crippen LogP contribution is 2.30. The molecule has 0 saturated carbocycles. The summed E-state index contributed by atoms with van der Waals surface area (Å²) in [4.78, 5) is 15.1. The Bertz CT molecular complexity index is 809. The van der Waals surface area contributed by atoms with Crippen LogP contribution >= 0.6 is 0 Å². The normalized spacial score (nSPS) is 12.0. The molecule has 0 spiro atoms. The molecule has 0 radical (unpaired) electrons. The smallest absolute Gasteiger partial charge is 0.361 e. The number of anilines is 1. The largest absolute Gasteiger partial charge is 0.451 e. The van der Waals surface area contributed by atoms with Crippen LogP contribution in [0.25, 0.3) is 11.2 Å². The van der Waals surface area contributed by atoms with Gasteiger partial charge in [0.05, 0.1) is 12.9 Å². The molecule has 22 heavy (non-hydrogen) atoms. The van der Waals surface area contributed by atoms with Crippen LogP contribution in [0.15, 0.2) is 16.9 Å². The van der Waals surface area contributed by atoms with Gasteiger partial charge in [-0.3, -0.25) is 0 Å². The number of imidazole rings is 1. The molecule has 0 unspecified atom stereocenters. The van der Waals surface area contributed by atoms with E-state index in [1.54, 1.807) is 20.0 Å². The summed E-state index contributed by atoms with van der Waals surface area (Å²) in [6.45, 7) is 1.97. The van der Waals surface area contributed by atoms with E-state index < -0.39 is 12.0 Å². The lowest BCUT2D eigenvalue weighted by atomic mass is 10.3. The Labute approximate surface area is 122 Å². The number of H-pyrrole nitrogens is 1. The molecule has 0 aliphatic carbocycles. The Kier molecular flexibility index (Phi) is 3.23. The average Bonchev–Trinajstić information content (AvgIpc) is 3.05. The molecule has 3 aromatic rings. The number of nitrogens with zero attached hydrogens (tertiary/aromatic N) is 5. The molecule has 3 rings (SSSR count). The van der Waals surface area contributed by atoms with E-state index in [0.29, 0.717) is 17.0 Å². The second-order valence-electron chi connectivity index (χ2n) is 4.75. The minimum Gasteiger partial charge on any atom is -0.361 e. The molecule has 7 nitrogen and oxygen atoms in total. The second-order valence-corrected chi connectivity index (χ2v) is 4.75. The topological polar surface area (TPSA) is 83.7 Å². The SMILES string of the molecule is Cc1cc(CN(C)c2nc(C(F)(F)F)nc3nc[nH]c23)no1. The van der Waals surface area contributed by atoms with E-state index in [2.05, 4.69) is 25.1 Å². The van der Waals surface area contributed by atoms with Crippen molar-refractivity contribution in [2.24, 2.45) is 0 Å². The van der Waals surface area contributed by atoms with Gasteiger partial charge in [-0.05, 0) is 6.92 Å². The highest BCUT2D eigenvalue weighted by Gasteiger charge is 2.36. The highest BCUT2D eigenvalue weighted by molar-refractivity contribution is 5.82. The van der Waals surface area contributed by atoms with E-state index in [1.165, 1.54) is 11.2 Å². The number of hydrogen-bond donors (Lipinski definition) is 1. The molecule has 1 N–H and O–H groups in total. The van der Waals surface area contributed by atoms with Crippen molar-refractivity contribution in [2.45, 2.75) is 19.6 Å². The van der Waals surface area contributed by atoms with Crippen molar-refractivity contribution in [3.63, 3.8) is 0 Å². The Morgan fingerprint density at radius 3 is 2.73 bits per heavy atom. The zero-order valence-electron chi connectivity index (χ0n) is 11.6. The molecule has 116 valence electrons. The number of hydrogen-bond acceptors (Lipinski definition) is 6. The third kappa shape index (κ3) is 2.59. The van der Waals surface area contributed by atoms with Crippen LogP contribution in [-0.2, 0) is 12.7 Å². The van der Waals surface area contributed by atoms with Gasteiger partial charge in [-0.25, -0.2) is 15.0 Å². The van der Waals surface area contributed by atoms with Crippen molar-refractivity contribution < 1.29 is 17.7 Å². The molecule has 0 saturated heterocycles. The van der Waals surface area contributed by atoms with Gasteiger partial charge < -0.3 is 14.4 Å². The van der Waals surface area contributed by atoms with Gasteiger partial charge in [0.1, 0.15) is 17.0 Å². The Balaban J connectivity index is 2.02. The molecule has 3 aromatic heterocycles. The molecule has 0 aliphatic rings. The van der Waals surface area contributed by atoms with Gasteiger partial charge >= 0.3 is 6.18 Å². The monoisotopic (exact) mass is 312 g/mol. The van der Waals surface area contributed by atoms with E-state index in [9.17, 15) is 13.2 Å². The lowest BCUT2D eigenvalue weighted by molar-refractivity contribution is -0.144. The van der Waals surface area contributed by atoms with Crippen LogP contribution in [0.5, 0.6) is 0 Å². The Hall–Kier alpha value is -2.65. The fraction of sp³-hybridized carbons (Fsp3) is 0.333. The summed E-state index contributed by atoms with van der Waals surface area (Å²) < 4.78 is 43.6. The molecule has 0 atom stereocenters. The van der Waals surface area contributed by atoms with Gasteiger partial charge in [0, 0.05) is 13.1 Å². The fourth-order valence-corrected chi connectivity index (χ4v) is 2.03. The van der Waals surface area contributed by atoms with Crippen molar-refractivity contribution in [1.29, 1.82) is 0 Å². The van der Waals surface area contributed by atoms with Crippen LogP contribution in [0.4, 0.5) is 19.0 Å². The van der Waals surface area contributed by atoms with Crippen molar-refractivity contribution in [1.82, 2.24) is 25.1 Å². The Morgan fingerprint density at radius 2 is 2.09 bits per heavy atom. The van der Waals surface area contributed by atoms with Gasteiger partial charge in [-0.1, -0.05) is 5.16 Å². The van der Waals surface area contributed by atoms with Gasteiger partial charge in [0.2, 0.25) is 5.82 Å². The molecular formula is C12H11F3N6O. The number of alkyl halides is 3. The van der Waals surface area contributed by atoms with Crippen molar-refractivity contribution in [3.05, 3.63) is 29.7 Å². The van der Waals surface area contributed by atoms with E-state index in [-0.39, 0.29) is 18.0 Å². The van der Waals surface area contributed by atoms with Gasteiger partial charge in [0.15, 0.2) is 11.5 Å². The van der Waals surface area contributed by atoms with Crippen molar-refractivity contribution >= 4 is 17.0 Å². The first kappa shape index (κ1) is 14.3. The van der Waals surface area contributed by atoms with Gasteiger partial charge in [-0.2, -0.15) is 13.2 Å². The van der Waals surface area contributed by atoms with E-state index in [4.69, 9.17) is 4.52 Å². The maximum Gasteiger partial charge on any atom is 0.451 e. The van der Waals surface area contributed by atoms with Crippen LogP contribution in [0.3, 0.4) is 0 Å². The average molecular weight is 312 g/mol. The first-order valence-corrected chi connectivity index (χ1v) is 6.26. The van der Waals surface area contributed by atoms with Gasteiger partial charge in [-0.15, -0.1) is 0 Å². The lowest BCUT2D eigenvalue weighted by Gasteiger charge is -2.18. The Morgan fingerprint density at radius 1 is 1.32 bits per heavy atom. The minimum absolute atomic E-state index is 0.0412. The number of aromatic nitrogens is 5. The molecule has 0 aliphatic heterocycles. The van der Waals surface area contributed by atoms with Crippen LogP contribution in [0.1, 0.15) is 17.3 Å². The maximum absolute atomic E-state index is 12.9. The predicted octanol–water partition coefficient (Wildman–Crippen LogP) is 2.30. The summed E-state index contributed by atoms with van der Waals surface area (Å²) in [5.41, 5.74) is 0.871. The van der Waals surface area contributed by atoms with Crippen molar-refractivity contribution in [3.8, 4) is 0 Å². The number of fused-ring (bicyclic) bond motifs is 1. The summed E-state index contributed by atoms with van der Waals surface area (Å²) in [5.74, 6) is -0.519. The standard InChI is InChI=1S/C12H11F3N6O/c1-6-3-7(20-22-6)4-21(2)10-8-9(17-5-16-8)18-11(19-10)12(13,14)15/h3,5H,4H2,1-2H3,(H,16,17,18,19). The summed E-state index contributed by atoms with van der Waals surface area (Å²) in [6.07, 6.45) is -3.37. The zero-order chi connectivity index (χ0) is 15.9. The van der Waals surface area contributed by atoms with Gasteiger partial charge in [0.25, 0.3) is 0 Å². The first-order valence-electron chi connectivity index (χ1n) is 6.26. The van der Waals surface area contributed by atoms with Crippen LogP contribution in [0, 0.1) is 6.92 Å². The molecule has 10 heteroatoms. The summed E-state index contributed by atoms with van der Waals surface area (Å²) in [7, 11) is 1.60. The molecule has 3 heterocycles. The molecule has 0 fully saturated rings. The van der Waals surface area contributed by atoms with Crippen molar-refractivity contribution in [2.75, 3.05) is 11.9 Å². The summed E-state index contributed by atoms with van der Waals surface area (Å²) >= 11 is 0. The number of aryl methyl sites for hydroxylation is 1. The molecule has 0 aromatic carbocycles. The number of halogens is 3. The fourth-order valence-electron chi connectivity index (χ4n) is 2.03. The van der Waals surface area contributed by atoms with E-state index in [0.717, 1.165) is 0 Å². The van der Waals surface area contributed by atoms with E-state index in [1.807, 2.05) is 0 Å². The predicted molar refractivity (Wildman–Crippen MR) is 70.0 cm³/mol. The third-order valence-corrected chi connectivity index (χ3v) is 2.96. The second kappa shape index (κ2) is 4.97. The van der Waals surface area contributed by atoms with Crippen LogP contribution < -0.4 is 4.90 Å². The number of rotatable bonds is 3. The third-order valence-electron chi connectivity index (χ3n) is 2.96. The number of aromatic amines is 1. The summed E-state index contributed by atoms with van der Waals surface area (Å²) in [5, 5.41) is 3.81. The van der Waals surface area contributed by atoms with Crippen LogP contribution in [-0.4, -0.2) is 32.1 Å². The minimum atomic E-state index is -4.65. The van der Waals surface area contributed by atoms with E-state index >= 15 is 0 Å². The van der Waals surface area contributed by atoms with Crippen LogP contribution in [0.2, 0.25) is 0 Å². The highest BCUT2D eigenvalue weighted by atomic mass is 19.4. The zero-order valence-corrected chi connectivity index (χ0v) is 11.6. The summed E-state index contributed by atoms with van der Waals surface area (Å²) in [6, 6.07) is 1.70. The molecule has 0 amide bonds. The quantitative estimate of drug-likeness (QED) is 0.799.